The van der Waals surface area contributed by atoms with Crippen LogP contribution in [0.15, 0.2) is 23.6 Å². The van der Waals surface area contributed by atoms with Crippen molar-refractivity contribution in [3.8, 4) is 0 Å². The molecule has 0 amide bonds. The van der Waals surface area contributed by atoms with Crippen LogP contribution < -0.4 is 0 Å². The van der Waals surface area contributed by atoms with Crippen molar-refractivity contribution in [2.75, 3.05) is 0 Å². The molecule has 1 aromatic carbocycles. The second-order valence-corrected chi connectivity index (χ2v) is 5.08. The van der Waals surface area contributed by atoms with Crippen LogP contribution in [0.4, 0.5) is 22.0 Å². The smallest absolute Gasteiger partial charge is 0.244 e. The van der Waals surface area contributed by atoms with Crippen LogP contribution in [0.3, 0.4) is 0 Å². The molecule has 0 saturated heterocycles. The van der Waals surface area contributed by atoms with E-state index in [1.807, 2.05) is 0 Å². The normalized spacial score (nSPS) is 11.8. The first-order valence-corrected chi connectivity index (χ1v) is 5.97. The van der Waals surface area contributed by atoms with Gasteiger partial charge in [0.05, 0.1) is 0 Å². The Morgan fingerprint density at radius 1 is 0.895 bits per heavy atom. The molecule has 102 valence electrons. The van der Waals surface area contributed by atoms with E-state index in [4.69, 9.17) is 0 Å². The summed E-state index contributed by atoms with van der Waals surface area (Å²) in [5, 5.41) is 0. The number of hydrogen-bond acceptors (Lipinski definition) is 3. The largest absolute Gasteiger partial charge is 0.275 e. The number of rotatable bonds is 2. The fourth-order valence-corrected chi connectivity index (χ4v) is 2.54. The van der Waals surface area contributed by atoms with Crippen molar-refractivity contribution < 1.29 is 30.4 Å². The topological polar surface area (TPSA) is 52.0 Å². The van der Waals surface area contributed by atoms with Gasteiger partial charge >= 0.3 is 0 Å². The molecule has 2 rings (SSSR count). The van der Waals surface area contributed by atoms with E-state index in [0.29, 0.717) is 6.33 Å². The van der Waals surface area contributed by atoms with Crippen LogP contribution in [0, 0.1) is 29.1 Å². The van der Waals surface area contributed by atoms with E-state index in [1.165, 1.54) is 0 Å². The molecule has 19 heavy (non-hydrogen) atoms. The Kier molecular flexibility index (Phi) is 3.04. The van der Waals surface area contributed by atoms with E-state index in [9.17, 15) is 30.4 Å². The average Bonchev–Trinajstić information content (AvgIpc) is 2.88. The summed E-state index contributed by atoms with van der Waals surface area (Å²) in [7, 11) is -4.96. The molecular formula is C9H3F5N2O2S. The first-order chi connectivity index (χ1) is 8.78. The van der Waals surface area contributed by atoms with Crippen LogP contribution in [0.5, 0.6) is 0 Å². The van der Waals surface area contributed by atoms with Gasteiger partial charge in [-0.1, -0.05) is 0 Å². The summed E-state index contributed by atoms with van der Waals surface area (Å²) < 4.78 is 89.1. The lowest BCUT2D eigenvalue weighted by Crippen LogP contribution is -2.18. The molecule has 0 N–H and O–H groups in total. The molecule has 0 radical (unpaired) electrons. The highest BCUT2D eigenvalue weighted by Gasteiger charge is 2.34. The second-order valence-electron chi connectivity index (χ2n) is 3.30. The third-order valence-corrected chi connectivity index (χ3v) is 3.83. The lowest BCUT2D eigenvalue weighted by atomic mass is 10.3. The van der Waals surface area contributed by atoms with E-state index in [1.54, 1.807) is 0 Å². The predicted octanol–water partition coefficient (Wildman–Crippen LogP) is 1.82. The van der Waals surface area contributed by atoms with Gasteiger partial charge in [-0.25, -0.2) is 39.3 Å². The highest BCUT2D eigenvalue weighted by molar-refractivity contribution is 7.90. The van der Waals surface area contributed by atoms with Crippen molar-refractivity contribution >= 4 is 10.0 Å². The summed E-state index contributed by atoms with van der Waals surface area (Å²) in [6, 6.07) is 0. The first-order valence-electron chi connectivity index (χ1n) is 4.53. The van der Waals surface area contributed by atoms with Crippen LogP contribution in [0.2, 0.25) is 0 Å². The van der Waals surface area contributed by atoms with E-state index in [-0.39, 0.29) is 3.97 Å². The number of aromatic nitrogens is 2. The number of nitrogens with zero attached hydrogens (tertiary/aromatic N) is 2. The third-order valence-electron chi connectivity index (χ3n) is 2.19. The number of hydrogen-bond donors (Lipinski definition) is 0. The fraction of sp³-hybridized carbons (Fsp3) is 0. The highest BCUT2D eigenvalue weighted by Crippen LogP contribution is 2.27. The molecule has 10 heteroatoms. The second kappa shape index (κ2) is 4.30. The summed E-state index contributed by atoms with van der Waals surface area (Å²) in [4.78, 5) is 1.38. The first kappa shape index (κ1) is 13.5. The van der Waals surface area contributed by atoms with Crippen molar-refractivity contribution in [2.45, 2.75) is 4.90 Å². The van der Waals surface area contributed by atoms with Crippen molar-refractivity contribution in [3.63, 3.8) is 0 Å². The van der Waals surface area contributed by atoms with Gasteiger partial charge in [0.2, 0.25) is 5.82 Å². The van der Waals surface area contributed by atoms with Crippen LogP contribution in [-0.4, -0.2) is 17.4 Å². The van der Waals surface area contributed by atoms with Gasteiger partial charge in [-0.05, 0) is 0 Å². The zero-order chi connectivity index (χ0) is 14.4. The van der Waals surface area contributed by atoms with E-state index < -0.39 is 44.0 Å². The molecular weight excluding hydrogens is 295 g/mol. The van der Waals surface area contributed by atoms with Gasteiger partial charge in [0.25, 0.3) is 10.0 Å². The van der Waals surface area contributed by atoms with Gasteiger partial charge in [0.15, 0.2) is 28.2 Å². The van der Waals surface area contributed by atoms with Crippen LogP contribution in [-0.2, 0) is 10.0 Å². The molecule has 0 unspecified atom stereocenters. The van der Waals surface area contributed by atoms with Crippen LogP contribution in [0.1, 0.15) is 0 Å². The lowest BCUT2D eigenvalue weighted by molar-refractivity contribution is 0.357. The van der Waals surface area contributed by atoms with Gasteiger partial charge < -0.3 is 0 Å². The minimum atomic E-state index is -4.96. The van der Waals surface area contributed by atoms with Gasteiger partial charge in [-0.2, -0.15) is 0 Å². The standard InChI is InChI=1S/C9H3F5N2O2S/c10-4-5(11)7(13)9(8(14)6(4)12)19(17,18)16-2-1-15-3-16/h1-3H. The number of benzene rings is 1. The summed E-state index contributed by atoms with van der Waals surface area (Å²) in [5.74, 6) is -12.0. The molecule has 1 heterocycles. The molecule has 2 aromatic rings. The van der Waals surface area contributed by atoms with E-state index in [0.717, 1.165) is 12.4 Å². The average molecular weight is 298 g/mol. The van der Waals surface area contributed by atoms with Gasteiger partial charge in [0, 0.05) is 12.4 Å². The monoisotopic (exact) mass is 298 g/mol. The Bertz CT molecular complexity index is 713. The molecule has 0 saturated carbocycles. The van der Waals surface area contributed by atoms with E-state index >= 15 is 0 Å². The van der Waals surface area contributed by atoms with Crippen molar-refractivity contribution in [3.05, 3.63) is 47.8 Å². The molecule has 0 fully saturated rings. The molecule has 0 atom stereocenters. The van der Waals surface area contributed by atoms with E-state index in [2.05, 4.69) is 4.98 Å². The SMILES string of the molecule is O=S(=O)(c1c(F)c(F)c(F)c(F)c1F)n1ccnc1. The number of imidazole rings is 1. The molecule has 0 aliphatic heterocycles. The Morgan fingerprint density at radius 3 is 1.79 bits per heavy atom. The van der Waals surface area contributed by atoms with Crippen molar-refractivity contribution in [2.24, 2.45) is 0 Å². The maximum atomic E-state index is 13.4. The zero-order valence-corrected chi connectivity index (χ0v) is 9.56. The van der Waals surface area contributed by atoms with Gasteiger partial charge in [-0.15, -0.1) is 0 Å². The zero-order valence-electron chi connectivity index (χ0n) is 8.74. The summed E-state index contributed by atoms with van der Waals surface area (Å²) in [6.45, 7) is 0. The predicted molar refractivity (Wildman–Crippen MR) is 51.0 cm³/mol. The maximum absolute atomic E-state index is 13.4. The van der Waals surface area contributed by atoms with Crippen molar-refractivity contribution in [1.29, 1.82) is 0 Å². The summed E-state index contributed by atoms with van der Waals surface area (Å²) >= 11 is 0. The Labute approximate surface area is 103 Å². The minimum absolute atomic E-state index is 0.227. The molecule has 0 bridgehead atoms. The quantitative estimate of drug-likeness (QED) is 0.483. The molecule has 0 aliphatic rings. The molecule has 4 nitrogen and oxygen atoms in total. The Morgan fingerprint density at radius 2 is 1.37 bits per heavy atom. The van der Waals surface area contributed by atoms with Gasteiger partial charge in [-0.3, -0.25) is 0 Å². The Balaban J connectivity index is 2.85. The Hall–Kier alpha value is -1.97. The number of halogens is 5. The summed E-state index contributed by atoms with van der Waals surface area (Å²) in [5.41, 5.74) is 0. The third kappa shape index (κ3) is 1.87. The highest BCUT2D eigenvalue weighted by atomic mass is 32.2. The van der Waals surface area contributed by atoms with Crippen molar-refractivity contribution in [1.82, 2.24) is 8.96 Å². The molecule has 0 aliphatic carbocycles. The molecule has 1 aromatic heterocycles. The fourth-order valence-electron chi connectivity index (χ4n) is 1.31. The molecule has 0 spiro atoms. The van der Waals surface area contributed by atoms with Crippen LogP contribution in [0.25, 0.3) is 0 Å². The summed E-state index contributed by atoms with van der Waals surface area (Å²) in [6.07, 6.45) is 2.39. The maximum Gasteiger partial charge on any atom is 0.275 e. The van der Waals surface area contributed by atoms with Crippen LogP contribution >= 0.6 is 0 Å². The lowest BCUT2D eigenvalue weighted by Gasteiger charge is -2.09. The van der Waals surface area contributed by atoms with Gasteiger partial charge in [0.1, 0.15) is 6.33 Å². The minimum Gasteiger partial charge on any atom is -0.244 e.